The van der Waals surface area contributed by atoms with Gasteiger partial charge in [-0.15, -0.1) is 0 Å². The summed E-state index contributed by atoms with van der Waals surface area (Å²) in [6.07, 6.45) is -0.543. The fourth-order valence-corrected chi connectivity index (χ4v) is 2.33. The maximum absolute atomic E-state index is 12.4. The Hall–Kier alpha value is -2.04. The number of hydrogen-bond donors (Lipinski definition) is 1. The summed E-state index contributed by atoms with van der Waals surface area (Å²) in [5.41, 5.74) is 1.58. The van der Waals surface area contributed by atoms with Gasteiger partial charge < -0.3 is 14.8 Å². The summed E-state index contributed by atoms with van der Waals surface area (Å²) in [6, 6.07) is 7.26. The lowest BCUT2D eigenvalue weighted by Crippen LogP contribution is -2.46. The van der Waals surface area contributed by atoms with Gasteiger partial charge in [0, 0.05) is 7.85 Å². The molecule has 0 aliphatic heterocycles. The van der Waals surface area contributed by atoms with E-state index in [1.165, 1.54) is 5.56 Å². The van der Waals surface area contributed by atoms with E-state index in [0.29, 0.717) is 6.42 Å². The van der Waals surface area contributed by atoms with Crippen molar-refractivity contribution in [3.63, 3.8) is 0 Å². The second-order valence-electron chi connectivity index (χ2n) is 8.84. The summed E-state index contributed by atoms with van der Waals surface area (Å²) in [5, 5.41) is 2.64. The molecule has 0 aliphatic rings. The number of benzene rings is 1. The van der Waals surface area contributed by atoms with Crippen LogP contribution in [-0.2, 0) is 26.1 Å². The fraction of sp³-hybridized carbons (Fsp3) is 0.619. The zero-order valence-corrected chi connectivity index (χ0v) is 17.3. The van der Waals surface area contributed by atoms with Crippen LogP contribution in [0, 0.1) is 0 Å². The van der Waals surface area contributed by atoms with Gasteiger partial charge in [0.25, 0.3) is 0 Å². The van der Waals surface area contributed by atoms with Crippen LogP contribution in [0.25, 0.3) is 0 Å². The monoisotopic (exact) mass is 365 g/mol. The van der Waals surface area contributed by atoms with E-state index in [2.05, 4.69) is 26.1 Å². The van der Waals surface area contributed by atoms with Crippen LogP contribution in [0.2, 0.25) is 0 Å². The Morgan fingerprint density at radius 2 is 1.58 bits per heavy atom. The van der Waals surface area contributed by atoms with E-state index in [9.17, 15) is 9.59 Å². The van der Waals surface area contributed by atoms with Crippen LogP contribution in [0.5, 0.6) is 0 Å². The zero-order valence-electron chi connectivity index (χ0n) is 17.3. The van der Waals surface area contributed by atoms with Gasteiger partial charge in [0.05, 0.1) is 6.10 Å². The second kappa shape index (κ2) is 8.56. The van der Waals surface area contributed by atoms with Crippen molar-refractivity contribution in [3.05, 3.63) is 35.4 Å². The normalized spacial score (nSPS) is 13.3. The largest absolute Gasteiger partial charge is 0.461 e. The van der Waals surface area contributed by atoms with E-state index in [-0.39, 0.29) is 12.9 Å². The molecule has 0 saturated heterocycles. The van der Waals surface area contributed by atoms with Crippen LogP contribution in [0.3, 0.4) is 0 Å². The Kier molecular flexibility index (Phi) is 7.25. The smallest absolute Gasteiger partial charge is 0.408 e. The maximum Gasteiger partial charge on any atom is 0.408 e. The van der Waals surface area contributed by atoms with E-state index >= 15 is 0 Å². The lowest BCUT2D eigenvalue weighted by atomic mass is 9.86. The predicted octanol–water partition coefficient (Wildman–Crippen LogP) is 4.62. The minimum Gasteiger partial charge on any atom is -0.461 e. The summed E-state index contributed by atoms with van der Waals surface area (Å²) in [5.74, 6) is -0.467. The topological polar surface area (TPSA) is 64.6 Å². The number of carbonyl (C=O) groups is 2. The molecule has 0 saturated carbocycles. The van der Waals surface area contributed by atoms with Crippen LogP contribution >= 0.6 is 0 Å². The standard InChI is InChI=1S/C21H33NO4.H2/c1-14(2)25-18(23)17(22-19(24)26-21(6,7)8)13-15-9-11-16(12-10-15)20(3,4)5;/h9-12,14,17H,13H2,1-8H3,(H,22,24);1H/t17-;/m1./s1. The molecule has 0 radical (unpaired) electrons. The quantitative estimate of drug-likeness (QED) is 0.774. The summed E-state index contributed by atoms with van der Waals surface area (Å²) in [4.78, 5) is 24.5. The molecule has 26 heavy (non-hydrogen) atoms. The molecule has 5 nitrogen and oxygen atoms in total. The number of ether oxygens (including phenoxy) is 2. The molecule has 148 valence electrons. The van der Waals surface area contributed by atoms with Crippen molar-refractivity contribution in [1.82, 2.24) is 5.32 Å². The highest BCUT2D eigenvalue weighted by atomic mass is 16.6. The minimum atomic E-state index is -0.798. The van der Waals surface area contributed by atoms with Gasteiger partial charge in [0.2, 0.25) is 0 Å². The third-order valence-corrected chi connectivity index (χ3v) is 3.59. The Bertz CT molecular complexity index is 613. The van der Waals surface area contributed by atoms with E-state index in [4.69, 9.17) is 9.47 Å². The lowest BCUT2D eigenvalue weighted by molar-refractivity contribution is -0.149. The first-order chi connectivity index (χ1) is 11.8. The van der Waals surface area contributed by atoms with Gasteiger partial charge in [-0.05, 0) is 51.2 Å². The molecule has 1 rings (SSSR count). The first-order valence-electron chi connectivity index (χ1n) is 9.07. The molecule has 1 amide bonds. The molecule has 0 aromatic heterocycles. The van der Waals surface area contributed by atoms with Crippen molar-refractivity contribution < 1.29 is 20.5 Å². The Balaban J connectivity index is 0.00000676. The van der Waals surface area contributed by atoms with Gasteiger partial charge in [-0.3, -0.25) is 0 Å². The lowest BCUT2D eigenvalue weighted by Gasteiger charge is -2.24. The molecular formula is C21H35NO4. The van der Waals surface area contributed by atoms with E-state index < -0.39 is 23.7 Å². The van der Waals surface area contributed by atoms with Crippen molar-refractivity contribution in [2.75, 3.05) is 0 Å². The zero-order chi connectivity index (χ0) is 20.1. The summed E-state index contributed by atoms with van der Waals surface area (Å²) < 4.78 is 10.6. The molecular weight excluding hydrogens is 330 g/mol. The predicted molar refractivity (Wildman–Crippen MR) is 105 cm³/mol. The second-order valence-corrected chi connectivity index (χ2v) is 8.84. The summed E-state index contributed by atoms with van der Waals surface area (Å²) in [6.45, 7) is 15.3. The van der Waals surface area contributed by atoms with Gasteiger partial charge in [-0.1, -0.05) is 45.0 Å². The number of alkyl carbamates (subject to hydrolysis) is 1. The van der Waals surface area contributed by atoms with Crippen molar-refractivity contribution in [2.45, 2.75) is 85.0 Å². The maximum atomic E-state index is 12.4. The van der Waals surface area contributed by atoms with Gasteiger partial charge >= 0.3 is 12.1 Å². The van der Waals surface area contributed by atoms with Gasteiger partial charge in [0.1, 0.15) is 11.6 Å². The molecule has 0 unspecified atom stereocenters. The molecule has 0 aliphatic carbocycles. The average Bonchev–Trinajstić information content (AvgIpc) is 2.43. The van der Waals surface area contributed by atoms with Crippen molar-refractivity contribution in [2.24, 2.45) is 0 Å². The first kappa shape index (κ1) is 22.0. The molecule has 1 aromatic carbocycles. The number of esters is 1. The fourth-order valence-electron chi connectivity index (χ4n) is 2.33. The number of nitrogens with one attached hydrogen (secondary N) is 1. The van der Waals surface area contributed by atoms with Crippen molar-refractivity contribution in [3.8, 4) is 0 Å². The molecule has 5 heteroatoms. The Morgan fingerprint density at radius 1 is 1.04 bits per heavy atom. The highest BCUT2D eigenvalue weighted by Gasteiger charge is 2.26. The summed E-state index contributed by atoms with van der Waals surface area (Å²) >= 11 is 0. The Labute approximate surface area is 158 Å². The molecule has 1 aromatic rings. The third-order valence-electron chi connectivity index (χ3n) is 3.59. The van der Waals surface area contributed by atoms with Gasteiger partial charge in [-0.2, -0.15) is 0 Å². The van der Waals surface area contributed by atoms with Gasteiger partial charge in [0.15, 0.2) is 0 Å². The molecule has 0 heterocycles. The third kappa shape index (κ3) is 7.89. The highest BCUT2D eigenvalue weighted by molar-refractivity contribution is 5.81. The average molecular weight is 366 g/mol. The van der Waals surface area contributed by atoms with Crippen LogP contribution in [0.1, 0.15) is 67.9 Å². The highest BCUT2D eigenvalue weighted by Crippen LogP contribution is 2.22. The van der Waals surface area contributed by atoms with Crippen LogP contribution in [0.15, 0.2) is 24.3 Å². The SMILES string of the molecule is CC(C)OC(=O)[C@@H](Cc1ccc(C(C)(C)C)cc1)NC(=O)OC(C)(C)C.[HH]. The Morgan fingerprint density at radius 3 is 2.00 bits per heavy atom. The molecule has 0 spiro atoms. The molecule has 0 fully saturated rings. The number of carbonyl (C=O) groups excluding carboxylic acids is 2. The number of amides is 1. The van der Waals surface area contributed by atoms with Crippen molar-refractivity contribution >= 4 is 12.1 Å². The number of rotatable bonds is 5. The van der Waals surface area contributed by atoms with E-state index in [0.717, 1.165) is 5.56 Å². The van der Waals surface area contributed by atoms with Gasteiger partial charge in [-0.25, -0.2) is 9.59 Å². The molecule has 1 atom stereocenters. The molecule has 0 bridgehead atoms. The van der Waals surface area contributed by atoms with Crippen molar-refractivity contribution in [1.29, 1.82) is 0 Å². The minimum absolute atomic E-state index is 0. The van der Waals surface area contributed by atoms with E-state index in [1.54, 1.807) is 34.6 Å². The first-order valence-corrected chi connectivity index (χ1v) is 9.07. The summed E-state index contributed by atoms with van der Waals surface area (Å²) in [7, 11) is 0. The van der Waals surface area contributed by atoms with Crippen LogP contribution in [0.4, 0.5) is 4.79 Å². The molecule has 1 N–H and O–H groups in total. The van der Waals surface area contributed by atoms with Crippen LogP contribution in [-0.4, -0.2) is 29.8 Å². The number of hydrogen-bond acceptors (Lipinski definition) is 4. The van der Waals surface area contributed by atoms with E-state index in [1.807, 2.05) is 24.3 Å². The van der Waals surface area contributed by atoms with Crippen LogP contribution < -0.4 is 5.32 Å².